The first kappa shape index (κ1) is 20.6. The van der Waals surface area contributed by atoms with Crippen LogP contribution in [0.1, 0.15) is 0 Å². The van der Waals surface area contributed by atoms with Crippen LogP contribution >= 0.6 is 0 Å². The minimum Gasteiger partial charge on any atom is -0.394 e. The van der Waals surface area contributed by atoms with E-state index in [0.29, 0.717) is 0 Å². The van der Waals surface area contributed by atoms with Crippen molar-refractivity contribution in [2.24, 2.45) is 0 Å². The van der Waals surface area contributed by atoms with Crippen molar-refractivity contribution >= 4 is 0 Å². The third-order valence-electron chi connectivity index (χ3n) is 3.62. The average Bonchev–Trinajstić information content (AvgIpc) is 2.57. The molecule has 1 aliphatic rings. The van der Waals surface area contributed by atoms with E-state index in [1.807, 2.05) is 0 Å². The van der Waals surface area contributed by atoms with E-state index in [-0.39, 0.29) is 0 Å². The molecule has 0 spiro atoms. The zero-order valence-corrected chi connectivity index (χ0v) is 12.2. The molecule has 0 aromatic heterocycles. The van der Waals surface area contributed by atoms with Gasteiger partial charge in [-0.1, -0.05) is 0 Å². The second-order valence-electron chi connectivity index (χ2n) is 5.29. The van der Waals surface area contributed by atoms with E-state index in [1.165, 1.54) is 0 Å². The highest BCUT2D eigenvalue weighted by Crippen LogP contribution is 2.24. The summed E-state index contributed by atoms with van der Waals surface area (Å²) in [6.07, 6.45) is -15.1. The Hall–Kier alpha value is -0.440. The second-order valence-corrected chi connectivity index (χ2v) is 5.29. The van der Waals surface area contributed by atoms with Crippen molar-refractivity contribution in [2.45, 2.75) is 55.1 Å². The van der Waals surface area contributed by atoms with Crippen molar-refractivity contribution in [3.63, 3.8) is 0 Å². The molecule has 1 heterocycles. The predicted octanol–water partition coefficient (Wildman–Crippen LogP) is -5.76. The largest absolute Gasteiger partial charge is 0.394 e. The van der Waals surface area contributed by atoms with Crippen LogP contribution in [0.3, 0.4) is 0 Å². The maximum absolute atomic E-state index is 9.83. The maximum atomic E-state index is 9.83. The Balaban J connectivity index is 2.89. The third kappa shape index (κ3) is 4.78. The van der Waals surface area contributed by atoms with Crippen LogP contribution < -0.4 is 0 Å². The lowest BCUT2D eigenvalue weighted by atomic mass is 9.98. The summed E-state index contributed by atoms with van der Waals surface area (Å²) < 4.78 is 10.1. The highest BCUT2D eigenvalue weighted by atomic mass is 16.7. The molecule has 0 radical (unpaired) electrons. The zero-order valence-electron chi connectivity index (χ0n) is 12.2. The van der Waals surface area contributed by atoms with Crippen LogP contribution in [0, 0.1) is 0 Å². The molecule has 1 aliphatic heterocycles. The molecule has 11 nitrogen and oxygen atoms in total. The minimum absolute atomic E-state index is 0.708. The van der Waals surface area contributed by atoms with E-state index < -0.39 is 74.9 Å². The van der Waals surface area contributed by atoms with Crippen molar-refractivity contribution in [1.29, 1.82) is 0 Å². The van der Waals surface area contributed by atoms with Gasteiger partial charge in [0, 0.05) is 0 Å². The lowest BCUT2D eigenvalue weighted by Crippen LogP contribution is -2.61. The molecular weight excluding hydrogens is 320 g/mol. The molecule has 1 fully saturated rings. The monoisotopic (exact) mass is 344 g/mol. The normalized spacial score (nSPS) is 37.2. The zero-order chi connectivity index (χ0) is 17.7. The molecule has 9 N–H and O–H groups in total. The van der Waals surface area contributed by atoms with E-state index in [1.54, 1.807) is 0 Å². The Kier molecular flexibility index (Phi) is 8.20. The highest BCUT2D eigenvalue weighted by molar-refractivity contribution is 4.91. The first-order chi connectivity index (χ1) is 10.8. The van der Waals surface area contributed by atoms with Crippen LogP contribution in [0.2, 0.25) is 0 Å². The molecule has 1 saturated heterocycles. The molecule has 23 heavy (non-hydrogen) atoms. The molecule has 0 unspecified atom stereocenters. The molecule has 0 aromatic carbocycles. The summed E-state index contributed by atoms with van der Waals surface area (Å²) in [7, 11) is 0. The predicted molar refractivity (Wildman–Crippen MR) is 70.8 cm³/mol. The summed E-state index contributed by atoms with van der Waals surface area (Å²) in [5, 5.41) is 84.9. The molecule has 0 saturated carbocycles. The summed E-state index contributed by atoms with van der Waals surface area (Å²) in [6, 6.07) is 0. The summed E-state index contributed by atoms with van der Waals surface area (Å²) in [5.41, 5.74) is 0. The Morgan fingerprint density at radius 3 is 1.87 bits per heavy atom. The topological polar surface area (TPSA) is 201 Å². The van der Waals surface area contributed by atoms with Crippen LogP contribution in [-0.4, -0.2) is 121 Å². The van der Waals surface area contributed by atoms with Gasteiger partial charge >= 0.3 is 0 Å². The molecule has 0 aliphatic carbocycles. The molecule has 9 atom stereocenters. The summed E-state index contributed by atoms with van der Waals surface area (Å²) in [6.45, 7) is -2.45. The van der Waals surface area contributed by atoms with Crippen LogP contribution in [0.25, 0.3) is 0 Å². The van der Waals surface area contributed by atoms with Gasteiger partial charge in [0.25, 0.3) is 0 Å². The molecule has 0 amide bonds. The number of ether oxygens (including phenoxy) is 2. The molecule has 0 bridgehead atoms. The van der Waals surface area contributed by atoms with Crippen LogP contribution in [0.4, 0.5) is 0 Å². The Morgan fingerprint density at radius 1 is 0.826 bits per heavy atom. The van der Waals surface area contributed by atoms with Gasteiger partial charge in [-0.3, -0.25) is 0 Å². The van der Waals surface area contributed by atoms with Gasteiger partial charge in [0.15, 0.2) is 6.29 Å². The molecule has 11 heteroatoms. The standard InChI is InChI=1S/C12H24O11/c13-1-4(16)7(18)11(5(17)2-14)23-12-10(21)9(20)8(19)6(3-15)22-12/h4-21H,1-3H2/t4-,5-,6+,7-,8+,9+,10+,11+,12+/m1/s1. The smallest absolute Gasteiger partial charge is 0.187 e. The Bertz CT molecular complexity index is 341. The maximum Gasteiger partial charge on any atom is 0.187 e. The van der Waals surface area contributed by atoms with Crippen LogP contribution in [0.15, 0.2) is 0 Å². The van der Waals surface area contributed by atoms with Crippen LogP contribution in [0.5, 0.6) is 0 Å². The molecule has 1 rings (SSSR count). The molecular formula is C12H24O11. The third-order valence-corrected chi connectivity index (χ3v) is 3.62. The highest BCUT2D eigenvalue weighted by Gasteiger charge is 2.46. The van der Waals surface area contributed by atoms with Crippen molar-refractivity contribution in [2.75, 3.05) is 19.8 Å². The minimum atomic E-state index is -1.85. The van der Waals surface area contributed by atoms with E-state index in [0.717, 1.165) is 0 Å². The first-order valence-corrected chi connectivity index (χ1v) is 7.00. The molecule has 0 aromatic rings. The van der Waals surface area contributed by atoms with Crippen LogP contribution in [-0.2, 0) is 9.47 Å². The number of aliphatic hydroxyl groups excluding tert-OH is 9. The fourth-order valence-electron chi connectivity index (χ4n) is 2.16. The Morgan fingerprint density at radius 2 is 1.39 bits per heavy atom. The lowest BCUT2D eigenvalue weighted by Gasteiger charge is -2.42. The summed E-state index contributed by atoms with van der Waals surface area (Å²) >= 11 is 0. The van der Waals surface area contributed by atoms with Gasteiger partial charge in [0.05, 0.1) is 19.8 Å². The van der Waals surface area contributed by atoms with Crippen molar-refractivity contribution in [3.05, 3.63) is 0 Å². The van der Waals surface area contributed by atoms with Gasteiger partial charge in [-0.2, -0.15) is 0 Å². The number of rotatable bonds is 8. The fraction of sp³-hybridized carbons (Fsp3) is 1.00. The van der Waals surface area contributed by atoms with Crippen molar-refractivity contribution in [1.82, 2.24) is 0 Å². The number of hydrogen-bond donors (Lipinski definition) is 9. The quantitative estimate of drug-likeness (QED) is 0.203. The van der Waals surface area contributed by atoms with Gasteiger partial charge in [-0.15, -0.1) is 0 Å². The van der Waals surface area contributed by atoms with E-state index in [2.05, 4.69) is 0 Å². The van der Waals surface area contributed by atoms with E-state index in [9.17, 15) is 30.6 Å². The van der Waals surface area contributed by atoms with E-state index in [4.69, 9.17) is 24.8 Å². The summed E-state index contributed by atoms with van der Waals surface area (Å²) in [4.78, 5) is 0. The second kappa shape index (κ2) is 9.15. The van der Waals surface area contributed by atoms with E-state index >= 15 is 0 Å². The van der Waals surface area contributed by atoms with Gasteiger partial charge in [0.2, 0.25) is 0 Å². The number of hydrogen-bond acceptors (Lipinski definition) is 11. The Labute approximate surface area is 131 Å². The van der Waals surface area contributed by atoms with Gasteiger partial charge < -0.3 is 55.4 Å². The van der Waals surface area contributed by atoms with Gasteiger partial charge in [0.1, 0.15) is 48.8 Å². The van der Waals surface area contributed by atoms with Gasteiger partial charge in [-0.05, 0) is 0 Å². The van der Waals surface area contributed by atoms with Crippen molar-refractivity contribution in [3.8, 4) is 0 Å². The fourth-order valence-corrected chi connectivity index (χ4v) is 2.16. The average molecular weight is 344 g/mol. The van der Waals surface area contributed by atoms with Gasteiger partial charge in [-0.25, -0.2) is 0 Å². The van der Waals surface area contributed by atoms with Crippen molar-refractivity contribution < 1.29 is 55.4 Å². The SMILES string of the molecule is OC[C@@H](O)[C@@H](O)[C@@H](O[C@@H]1O[C@@H](CO)[C@H](O)[C@H](O)[C@@H]1O)[C@H](O)CO. The lowest BCUT2D eigenvalue weighted by molar-refractivity contribution is -0.327. The number of aliphatic hydroxyl groups is 9. The summed E-state index contributed by atoms with van der Waals surface area (Å²) in [5.74, 6) is 0. The first-order valence-electron chi connectivity index (χ1n) is 7.00. The molecule has 138 valence electrons.